The highest BCUT2D eigenvalue weighted by atomic mass is 15.3. The minimum Gasteiger partial charge on any atom is -0.313 e. The lowest BCUT2D eigenvalue weighted by Gasteiger charge is -2.32. The number of aryl methyl sites for hydroxylation is 1. The molecule has 0 saturated carbocycles. The van der Waals surface area contributed by atoms with Crippen molar-refractivity contribution < 1.29 is 0 Å². The van der Waals surface area contributed by atoms with Gasteiger partial charge in [-0.2, -0.15) is 5.10 Å². The maximum atomic E-state index is 4.19. The number of hydrogen-bond acceptors (Lipinski definition) is 3. The molecule has 1 aliphatic heterocycles. The molecule has 2 rings (SSSR count). The van der Waals surface area contributed by atoms with E-state index in [9.17, 15) is 0 Å². The molecule has 0 radical (unpaired) electrons. The molecule has 1 aromatic heterocycles. The van der Waals surface area contributed by atoms with Crippen molar-refractivity contribution in [2.45, 2.75) is 38.6 Å². The Morgan fingerprint density at radius 1 is 1.39 bits per heavy atom. The number of likely N-dealkylation sites (tertiary alicyclic amines) is 1. The van der Waals surface area contributed by atoms with Crippen molar-refractivity contribution in [3.8, 4) is 0 Å². The molecule has 0 aliphatic carbocycles. The van der Waals surface area contributed by atoms with Crippen molar-refractivity contribution in [1.29, 1.82) is 0 Å². The van der Waals surface area contributed by atoms with Crippen LogP contribution in [0.25, 0.3) is 0 Å². The standard InChI is InChI=1S/C14H26N4/c1-3-10-18-11-6-13(7-12-18)15-8-4-14-5-9-16-17(14)2/h5,9,13,15H,3-4,6-8,10-12H2,1-2H3. The molecule has 1 aromatic rings. The highest BCUT2D eigenvalue weighted by Gasteiger charge is 2.17. The van der Waals surface area contributed by atoms with Crippen molar-refractivity contribution in [1.82, 2.24) is 20.0 Å². The smallest absolute Gasteiger partial charge is 0.0492 e. The lowest BCUT2D eigenvalue weighted by Crippen LogP contribution is -2.43. The minimum atomic E-state index is 0.714. The molecule has 0 aromatic carbocycles. The second-order valence-electron chi connectivity index (χ2n) is 5.27. The van der Waals surface area contributed by atoms with Crippen LogP contribution in [-0.2, 0) is 13.5 Å². The van der Waals surface area contributed by atoms with E-state index in [4.69, 9.17) is 0 Å². The van der Waals surface area contributed by atoms with Crippen molar-refractivity contribution in [2.24, 2.45) is 7.05 Å². The monoisotopic (exact) mass is 250 g/mol. The zero-order valence-corrected chi connectivity index (χ0v) is 11.7. The summed E-state index contributed by atoms with van der Waals surface area (Å²) in [6.45, 7) is 7.12. The number of hydrogen-bond donors (Lipinski definition) is 1. The van der Waals surface area contributed by atoms with Crippen LogP contribution in [0.2, 0.25) is 0 Å². The molecule has 102 valence electrons. The Kier molecular flexibility index (Phi) is 5.20. The van der Waals surface area contributed by atoms with Gasteiger partial charge >= 0.3 is 0 Å². The molecular weight excluding hydrogens is 224 g/mol. The normalized spacial score (nSPS) is 18.3. The van der Waals surface area contributed by atoms with Gasteiger partial charge in [-0.05, 0) is 45.0 Å². The fourth-order valence-electron chi connectivity index (χ4n) is 2.73. The summed E-state index contributed by atoms with van der Waals surface area (Å²) < 4.78 is 1.96. The van der Waals surface area contributed by atoms with Crippen LogP contribution in [-0.4, -0.2) is 46.9 Å². The van der Waals surface area contributed by atoms with E-state index >= 15 is 0 Å². The van der Waals surface area contributed by atoms with Crippen LogP contribution in [0.5, 0.6) is 0 Å². The van der Waals surface area contributed by atoms with E-state index in [-0.39, 0.29) is 0 Å². The van der Waals surface area contributed by atoms with Gasteiger partial charge in [0.1, 0.15) is 0 Å². The largest absolute Gasteiger partial charge is 0.313 e. The summed E-state index contributed by atoms with van der Waals surface area (Å²) in [5.74, 6) is 0. The van der Waals surface area contributed by atoms with Gasteiger partial charge in [0, 0.05) is 37.9 Å². The van der Waals surface area contributed by atoms with Gasteiger partial charge in [-0.3, -0.25) is 4.68 Å². The van der Waals surface area contributed by atoms with Gasteiger partial charge in [-0.25, -0.2) is 0 Å². The molecule has 0 amide bonds. The zero-order chi connectivity index (χ0) is 12.8. The third-order valence-corrected chi connectivity index (χ3v) is 3.86. The first kappa shape index (κ1) is 13.6. The van der Waals surface area contributed by atoms with Gasteiger partial charge < -0.3 is 10.2 Å². The Labute approximate surface area is 110 Å². The summed E-state index contributed by atoms with van der Waals surface area (Å²) in [5, 5.41) is 7.88. The highest BCUT2D eigenvalue weighted by molar-refractivity contribution is 5.00. The van der Waals surface area contributed by atoms with Gasteiger partial charge in [0.15, 0.2) is 0 Å². The molecule has 4 nitrogen and oxygen atoms in total. The predicted molar refractivity (Wildman–Crippen MR) is 74.7 cm³/mol. The molecule has 0 bridgehead atoms. The van der Waals surface area contributed by atoms with Gasteiger partial charge in [0.25, 0.3) is 0 Å². The first-order valence-electron chi connectivity index (χ1n) is 7.22. The quantitative estimate of drug-likeness (QED) is 0.829. The molecule has 2 heterocycles. The number of aromatic nitrogens is 2. The Bertz CT molecular complexity index is 339. The number of nitrogens with zero attached hydrogens (tertiary/aromatic N) is 3. The Morgan fingerprint density at radius 3 is 2.78 bits per heavy atom. The zero-order valence-electron chi connectivity index (χ0n) is 11.7. The third kappa shape index (κ3) is 3.82. The van der Waals surface area contributed by atoms with E-state index in [0.29, 0.717) is 6.04 Å². The lowest BCUT2D eigenvalue weighted by molar-refractivity contribution is 0.198. The highest BCUT2D eigenvalue weighted by Crippen LogP contribution is 2.10. The van der Waals surface area contributed by atoms with Crippen molar-refractivity contribution >= 4 is 0 Å². The minimum absolute atomic E-state index is 0.714. The van der Waals surface area contributed by atoms with E-state index in [1.165, 1.54) is 44.6 Å². The van der Waals surface area contributed by atoms with Crippen LogP contribution in [0.4, 0.5) is 0 Å². The molecule has 18 heavy (non-hydrogen) atoms. The SMILES string of the molecule is CCCN1CCC(NCCc2ccnn2C)CC1. The van der Waals surface area contributed by atoms with Crippen LogP contribution in [0.3, 0.4) is 0 Å². The number of piperidine rings is 1. The molecule has 0 atom stereocenters. The second kappa shape index (κ2) is 6.90. The number of rotatable bonds is 6. The average Bonchev–Trinajstić information content (AvgIpc) is 2.78. The van der Waals surface area contributed by atoms with Crippen molar-refractivity contribution in [3.63, 3.8) is 0 Å². The van der Waals surface area contributed by atoms with Gasteiger partial charge in [-0.1, -0.05) is 6.92 Å². The van der Waals surface area contributed by atoms with Crippen LogP contribution >= 0.6 is 0 Å². The maximum absolute atomic E-state index is 4.19. The maximum Gasteiger partial charge on any atom is 0.0492 e. The molecule has 1 N–H and O–H groups in total. The average molecular weight is 250 g/mol. The fourth-order valence-corrected chi connectivity index (χ4v) is 2.73. The Morgan fingerprint density at radius 2 is 2.17 bits per heavy atom. The van der Waals surface area contributed by atoms with Crippen LogP contribution in [0.15, 0.2) is 12.3 Å². The summed E-state index contributed by atoms with van der Waals surface area (Å²) in [6, 6.07) is 2.82. The topological polar surface area (TPSA) is 33.1 Å². The molecule has 4 heteroatoms. The molecular formula is C14H26N4. The fraction of sp³-hybridized carbons (Fsp3) is 0.786. The van der Waals surface area contributed by atoms with Gasteiger partial charge in [0.05, 0.1) is 0 Å². The molecule has 1 aliphatic rings. The second-order valence-corrected chi connectivity index (χ2v) is 5.27. The summed E-state index contributed by atoms with van der Waals surface area (Å²) >= 11 is 0. The first-order chi connectivity index (χ1) is 8.79. The predicted octanol–water partition coefficient (Wildman–Crippen LogP) is 1.43. The summed E-state index contributed by atoms with van der Waals surface area (Å²) in [7, 11) is 2.01. The molecule has 0 unspecified atom stereocenters. The number of nitrogens with one attached hydrogen (secondary N) is 1. The van der Waals surface area contributed by atoms with Gasteiger partial charge in [-0.15, -0.1) is 0 Å². The van der Waals surface area contributed by atoms with Crippen LogP contribution in [0, 0.1) is 0 Å². The van der Waals surface area contributed by atoms with Gasteiger partial charge in [0.2, 0.25) is 0 Å². The van der Waals surface area contributed by atoms with E-state index in [1.54, 1.807) is 0 Å². The third-order valence-electron chi connectivity index (χ3n) is 3.86. The summed E-state index contributed by atoms with van der Waals surface area (Å²) in [5.41, 5.74) is 1.31. The van der Waals surface area contributed by atoms with E-state index in [2.05, 4.69) is 28.3 Å². The molecule has 1 fully saturated rings. The molecule has 0 spiro atoms. The van der Waals surface area contributed by atoms with E-state index in [0.717, 1.165) is 13.0 Å². The first-order valence-corrected chi connectivity index (χ1v) is 7.22. The Balaban J connectivity index is 1.62. The molecule has 1 saturated heterocycles. The van der Waals surface area contributed by atoms with Crippen LogP contribution in [0.1, 0.15) is 31.9 Å². The van der Waals surface area contributed by atoms with Crippen molar-refractivity contribution in [2.75, 3.05) is 26.2 Å². The van der Waals surface area contributed by atoms with E-state index < -0.39 is 0 Å². The van der Waals surface area contributed by atoms with E-state index in [1.807, 2.05) is 17.9 Å². The summed E-state index contributed by atoms with van der Waals surface area (Å²) in [4.78, 5) is 2.58. The Hall–Kier alpha value is -0.870. The summed E-state index contributed by atoms with van der Waals surface area (Å²) in [6.07, 6.45) is 6.82. The van der Waals surface area contributed by atoms with Crippen molar-refractivity contribution in [3.05, 3.63) is 18.0 Å². The van der Waals surface area contributed by atoms with Crippen LogP contribution < -0.4 is 5.32 Å². The lowest BCUT2D eigenvalue weighted by atomic mass is 10.0.